The fourth-order valence-corrected chi connectivity index (χ4v) is 8.13. The predicted molar refractivity (Wildman–Crippen MR) is 220 cm³/mol. The van der Waals surface area contributed by atoms with Crippen molar-refractivity contribution in [3.63, 3.8) is 0 Å². The number of fused-ring (bicyclic) bond motifs is 8. The van der Waals surface area contributed by atoms with E-state index in [1.165, 1.54) is 44.1 Å². The number of aromatic nitrogens is 4. The third-order valence-electron chi connectivity index (χ3n) is 11.2. The first-order chi connectivity index (χ1) is 26.4. The first-order valence-electron chi connectivity index (χ1n) is 18.3. The van der Waals surface area contributed by atoms with E-state index < -0.39 is 0 Å². The lowest BCUT2D eigenvalue weighted by molar-refractivity contribution is 0.619. The lowest BCUT2D eigenvalue weighted by atomic mass is 10.1. The maximum absolute atomic E-state index is 6.35. The van der Waals surface area contributed by atoms with Crippen LogP contribution in [0.5, 0.6) is 0 Å². The van der Waals surface area contributed by atoms with Crippen LogP contribution in [0.1, 0.15) is 22.3 Å². The number of nitrogens with zero attached hydrogens (tertiary/aromatic N) is 4. The summed E-state index contributed by atoms with van der Waals surface area (Å²) in [5.74, 6) is 1.21. The molecule has 6 nitrogen and oxygen atoms in total. The third-order valence-corrected chi connectivity index (χ3v) is 11.2. The summed E-state index contributed by atoms with van der Waals surface area (Å²) in [6, 6.07) is 47.5. The second-order valence-electron chi connectivity index (χ2n) is 14.5. The van der Waals surface area contributed by atoms with Crippen LogP contribution in [-0.2, 0) is 0 Å². The number of rotatable bonds is 4. The van der Waals surface area contributed by atoms with Crippen LogP contribution in [0.4, 0.5) is 0 Å². The summed E-state index contributed by atoms with van der Waals surface area (Å²) in [4.78, 5) is 9.83. The van der Waals surface area contributed by atoms with Crippen LogP contribution in [-0.4, -0.2) is 19.1 Å². The highest BCUT2D eigenvalue weighted by molar-refractivity contribution is 6.12. The molecule has 54 heavy (non-hydrogen) atoms. The second-order valence-corrected chi connectivity index (χ2v) is 14.5. The molecule has 11 aromatic rings. The molecule has 0 aliphatic carbocycles. The SMILES string of the molecule is Cc1cc2nc(-c3ccc4c(c3)c3cc(-c5nc6cc(C)c(C)cc6o5)ccc3n4-c3ccc(-n4c5ccccc5c5ccccc54)cc3)oc2cc1C. The van der Waals surface area contributed by atoms with Gasteiger partial charge in [0.25, 0.3) is 0 Å². The normalized spacial score (nSPS) is 12.1. The molecule has 0 spiro atoms. The van der Waals surface area contributed by atoms with Crippen molar-refractivity contribution >= 4 is 65.8 Å². The highest BCUT2D eigenvalue weighted by Gasteiger charge is 2.19. The summed E-state index contributed by atoms with van der Waals surface area (Å²) in [6.07, 6.45) is 0. The topological polar surface area (TPSA) is 61.9 Å². The minimum Gasteiger partial charge on any atom is -0.436 e. The average Bonchev–Trinajstić information content (AvgIpc) is 3.96. The van der Waals surface area contributed by atoms with Gasteiger partial charge in [-0.3, -0.25) is 0 Å². The maximum atomic E-state index is 6.35. The van der Waals surface area contributed by atoms with Gasteiger partial charge in [-0.2, -0.15) is 0 Å². The smallest absolute Gasteiger partial charge is 0.227 e. The van der Waals surface area contributed by atoms with Gasteiger partial charge < -0.3 is 18.0 Å². The largest absolute Gasteiger partial charge is 0.436 e. The molecule has 0 saturated carbocycles. The summed E-state index contributed by atoms with van der Waals surface area (Å²) in [7, 11) is 0. The van der Waals surface area contributed by atoms with Crippen molar-refractivity contribution in [3.05, 3.63) is 156 Å². The Morgan fingerprint density at radius 1 is 0.389 bits per heavy atom. The van der Waals surface area contributed by atoms with Crippen LogP contribution in [0.3, 0.4) is 0 Å². The van der Waals surface area contributed by atoms with Gasteiger partial charge in [0, 0.05) is 44.0 Å². The van der Waals surface area contributed by atoms with E-state index in [0.29, 0.717) is 11.8 Å². The molecule has 4 heterocycles. The van der Waals surface area contributed by atoms with Gasteiger partial charge in [-0.05, 0) is 147 Å². The molecule has 258 valence electrons. The Morgan fingerprint density at radius 3 is 1.22 bits per heavy atom. The van der Waals surface area contributed by atoms with Gasteiger partial charge in [0.2, 0.25) is 11.8 Å². The van der Waals surface area contributed by atoms with E-state index >= 15 is 0 Å². The van der Waals surface area contributed by atoms with Crippen molar-refractivity contribution < 1.29 is 8.83 Å². The Kier molecular flexibility index (Phi) is 6.41. The fraction of sp³-hybridized carbons (Fsp3) is 0.0833. The molecule has 0 atom stereocenters. The van der Waals surface area contributed by atoms with Crippen molar-refractivity contribution in [2.24, 2.45) is 0 Å². The number of para-hydroxylation sites is 2. The van der Waals surface area contributed by atoms with Crippen LogP contribution in [0.15, 0.2) is 142 Å². The summed E-state index contributed by atoms with van der Waals surface area (Å²) in [6.45, 7) is 8.42. The van der Waals surface area contributed by atoms with Gasteiger partial charge >= 0.3 is 0 Å². The molecule has 0 aliphatic heterocycles. The van der Waals surface area contributed by atoms with E-state index in [-0.39, 0.29) is 0 Å². The van der Waals surface area contributed by atoms with E-state index in [2.05, 4.69) is 170 Å². The van der Waals surface area contributed by atoms with E-state index in [9.17, 15) is 0 Å². The standard InChI is InChI=1S/C48H34N4O2/c1-27-21-39-45(23-29(27)3)53-47(49-39)31-13-19-43-37(25-31)38-26-32(48-50-40-22-28(2)30(4)24-46(40)54-48)14-20-44(38)52(43)34-17-15-33(16-18-34)51-41-11-7-5-9-35(41)36-10-6-8-12-42(36)51/h5-26H,1-4H3. The number of hydrogen-bond acceptors (Lipinski definition) is 4. The van der Waals surface area contributed by atoms with E-state index in [1.54, 1.807) is 0 Å². The molecule has 0 saturated heterocycles. The lowest BCUT2D eigenvalue weighted by Crippen LogP contribution is -1.97. The molecule has 0 fully saturated rings. The Hall–Kier alpha value is -6.92. The molecule has 0 N–H and O–H groups in total. The van der Waals surface area contributed by atoms with Crippen molar-refractivity contribution in [1.82, 2.24) is 19.1 Å². The third kappa shape index (κ3) is 4.53. The highest BCUT2D eigenvalue weighted by atomic mass is 16.4. The van der Waals surface area contributed by atoms with Crippen molar-refractivity contribution in [1.29, 1.82) is 0 Å². The molecule has 0 unspecified atom stereocenters. The van der Waals surface area contributed by atoms with Crippen LogP contribution in [0.2, 0.25) is 0 Å². The highest BCUT2D eigenvalue weighted by Crippen LogP contribution is 2.39. The minimum atomic E-state index is 0.606. The molecule has 11 rings (SSSR count). The quantitative estimate of drug-likeness (QED) is 0.184. The maximum Gasteiger partial charge on any atom is 0.227 e. The van der Waals surface area contributed by atoms with Crippen molar-refractivity contribution in [2.45, 2.75) is 27.7 Å². The summed E-state index contributed by atoms with van der Waals surface area (Å²) in [5, 5.41) is 4.68. The Bertz CT molecular complexity index is 3040. The van der Waals surface area contributed by atoms with Gasteiger partial charge in [0.05, 0.1) is 22.1 Å². The monoisotopic (exact) mass is 698 g/mol. The molecular formula is C48H34N4O2. The fourth-order valence-electron chi connectivity index (χ4n) is 8.13. The van der Waals surface area contributed by atoms with Gasteiger partial charge in [0.15, 0.2) is 11.2 Å². The van der Waals surface area contributed by atoms with Crippen molar-refractivity contribution in [3.8, 4) is 34.3 Å². The van der Waals surface area contributed by atoms with E-state index in [1.807, 2.05) is 0 Å². The molecule has 4 aromatic heterocycles. The molecule has 7 aromatic carbocycles. The molecule has 0 aliphatic rings. The minimum absolute atomic E-state index is 0.606. The van der Waals surface area contributed by atoms with Crippen molar-refractivity contribution in [2.75, 3.05) is 0 Å². The summed E-state index contributed by atoms with van der Waals surface area (Å²) >= 11 is 0. The van der Waals surface area contributed by atoms with Gasteiger partial charge in [-0.1, -0.05) is 36.4 Å². The Labute approximate surface area is 310 Å². The molecule has 0 radical (unpaired) electrons. The van der Waals surface area contributed by atoms with Crippen LogP contribution in [0.25, 0.3) is 100 Å². The Morgan fingerprint density at radius 2 is 0.778 bits per heavy atom. The Balaban J connectivity index is 1.10. The molecule has 0 bridgehead atoms. The zero-order valence-corrected chi connectivity index (χ0v) is 30.3. The van der Waals surface area contributed by atoms with E-state index in [4.69, 9.17) is 18.8 Å². The molecule has 0 amide bonds. The van der Waals surface area contributed by atoms with E-state index in [0.717, 1.165) is 66.5 Å². The summed E-state index contributed by atoms with van der Waals surface area (Å²) in [5.41, 5.74) is 16.7. The van der Waals surface area contributed by atoms with Gasteiger partial charge in [-0.25, -0.2) is 9.97 Å². The predicted octanol–water partition coefficient (Wildman–Crippen LogP) is 12.7. The number of hydrogen-bond donors (Lipinski definition) is 0. The average molecular weight is 699 g/mol. The van der Waals surface area contributed by atoms with Crippen LogP contribution < -0.4 is 0 Å². The van der Waals surface area contributed by atoms with Crippen LogP contribution >= 0.6 is 0 Å². The zero-order chi connectivity index (χ0) is 36.2. The number of aryl methyl sites for hydroxylation is 4. The number of oxazole rings is 2. The first-order valence-corrected chi connectivity index (χ1v) is 18.3. The zero-order valence-electron chi connectivity index (χ0n) is 30.3. The van der Waals surface area contributed by atoms with Gasteiger partial charge in [0.1, 0.15) is 11.0 Å². The summed E-state index contributed by atoms with van der Waals surface area (Å²) < 4.78 is 17.4. The lowest BCUT2D eigenvalue weighted by Gasteiger charge is -2.12. The molecular weight excluding hydrogens is 665 g/mol. The number of benzene rings is 7. The second kappa shape index (κ2) is 11.3. The molecule has 6 heteroatoms. The van der Waals surface area contributed by atoms with Gasteiger partial charge in [-0.15, -0.1) is 0 Å². The van der Waals surface area contributed by atoms with Crippen LogP contribution in [0, 0.1) is 27.7 Å². The first kappa shape index (κ1) is 30.7.